The molecule has 0 aliphatic rings. The van der Waals surface area contributed by atoms with Crippen molar-refractivity contribution in [1.29, 1.82) is 0 Å². The van der Waals surface area contributed by atoms with Crippen molar-refractivity contribution in [3.8, 4) is 0 Å². The molecule has 1 amide bonds. The molecule has 0 saturated carbocycles. The fourth-order valence-corrected chi connectivity index (χ4v) is 3.65. The number of nitrogens with one attached hydrogen (secondary N) is 2. The Morgan fingerprint density at radius 2 is 1.70 bits per heavy atom. The van der Waals surface area contributed by atoms with Crippen LogP contribution in [0.5, 0.6) is 0 Å². The molecule has 8 heteroatoms. The van der Waals surface area contributed by atoms with E-state index in [1.807, 2.05) is 6.07 Å². The first-order valence-electron chi connectivity index (χ1n) is 8.37. The molecule has 0 radical (unpaired) electrons. The van der Waals surface area contributed by atoms with Gasteiger partial charge in [0, 0.05) is 5.69 Å². The van der Waals surface area contributed by atoms with Crippen molar-refractivity contribution in [2.24, 2.45) is 0 Å². The third-order valence-corrected chi connectivity index (χ3v) is 5.28. The smallest absolute Gasteiger partial charge is 0.338 e. The molecule has 27 heavy (non-hydrogen) atoms. The number of carbonyl (C=O) groups excluding carboxylic acids is 2. The zero-order valence-electron chi connectivity index (χ0n) is 15.4. The van der Waals surface area contributed by atoms with Crippen molar-refractivity contribution < 1.29 is 22.7 Å². The molecule has 0 aromatic heterocycles. The molecule has 0 aliphatic heterocycles. The fraction of sp³-hybridized carbons (Fsp3) is 0.263. The highest BCUT2D eigenvalue weighted by Crippen LogP contribution is 2.16. The Balaban J connectivity index is 1.97. The molecule has 0 spiro atoms. The monoisotopic (exact) mass is 390 g/mol. The first kappa shape index (κ1) is 20.6. The molecule has 2 aromatic rings. The Morgan fingerprint density at radius 3 is 2.33 bits per heavy atom. The van der Waals surface area contributed by atoms with Crippen LogP contribution in [-0.2, 0) is 19.6 Å². The first-order chi connectivity index (χ1) is 12.7. The number of aryl methyl sites for hydroxylation is 2. The number of rotatable bonds is 7. The molecule has 0 atom stereocenters. The predicted octanol–water partition coefficient (Wildman–Crippen LogP) is 2.40. The Kier molecular flexibility index (Phi) is 6.70. The van der Waals surface area contributed by atoms with Crippen LogP contribution < -0.4 is 10.0 Å². The zero-order valence-corrected chi connectivity index (χ0v) is 16.2. The molecule has 0 fully saturated rings. The maximum absolute atomic E-state index is 12.4. The summed E-state index contributed by atoms with van der Waals surface area (Å²) in [5.41, 5.74) is 2.22. The number of hydrogen-bond donors (Lipinski definition) is 2. The molecule has 0 aliphatic carbocycles. The molecular formula is C19H22N2O5S. The maximum Gasteiger partial charge on any atom is 0.338 e. The standard InChI is InChI=1S/C19H22N2O5S/c1-4-26-19(23)15-7-9-16(10-8-15)21-18(22)12-20-27(24,25)17-11-13(2)5-6-14(17)3/h5-11,20H,4,12H2,1-3H3,(H,21,22). The molecule has 2 N–H and O–H groups in total. The minimum absolute atomic E-state index is 0.147. The summed E-state index contributed by atoms with van der Waals surface area (Å²) in [4.78, 5) is 23.8. The topological polar surface area (TPSA) is 102 Å². The van der Waals surface area contributed by atoms with Gasteiger partial charge in [-0.3, -0.25) is 4.79 Å². The Labute approximate surface area is 158 Å². The molecule has 2 aromatic carbocycles. The highest BCUT2D eigenvalue weighted by atomic mass is 32.2. The molecule has 7 nitrogen and oxygen atoms in total. The van der Waals surface area contributed by atoms with Crippen molar-refractivity contribution in [3.05, 3.63) is 59.2 Å². The van der Waals surface area contributed by atoms with Gasteiger partial charge in [-0.2, -0.15) is 0 Å². The largest absolute Gasteiger partial charge is 0.462 e. The van der Waals surface area contributed by atoms with E-state index in [9.17, 15) is 18.0 Å². The van der Waals surface area contributed by atoms with Crippen molar-refractivity contribution in [1.82, 2.24) is 4.72 Å². The normalized spacial score (nSPS) is 11.1. The van der Waals surface area contributed by atoms with Gasteiger partial charge in [0.05, 0.1) is 23.6 Å². The third-order valence-electron chi connectivity index (χ3n) is 3.74. The van der Waals surface area contributed by atoms with Gasteiger partial charge in [-0.05, 0) is 62.2 Å². The Bertz CT molecular complexity index is 937. The van der Waals surface area contributed by atoms with Crippen LogP contribution in [0.3, 0.4) is 0 Å². The highest BCUT2D eigenvalue weighted by Gasteiger charge is 2.18. The number of sulfonamides is 1. The molecule has 144 valence electrons. The number of ether oxygens (including phenoxy) is 1. The van der Waals surface area contributed by atoms with Gasteiger partial charge in [-0.25, -0.2) is 17.9 Å². The first-order valence-corrected chi connectivity index (χ1v) is 9.85. The summed E-state index contributed by atoms with van der Waals surface area (Å²) < 4.78 is 32.0. The van der Waals surface area contributed by atoms with E-state index < -0.39 is 28.4 Å². The lowest BCUT2D eigenvalue weighted by atomic mass is 10.2. The summed E-state index contributed by atoms with van der Waals surface area (Å²) in [6, 6.07) is 11.2. The lowest BCUT2D eigenvalue weighted by molar-refractivity contribution is -0.115. The van der Waals surface area contributed by atoms with E-state index in [1.54, 1.807) is 45.0 Å². The average Bonchev–Trinajstić information content (AvgIpc) is 2.63. The molecule has 0 bridgehead atoms. The number of benzene rings is 2. The minimum atomic E-state index is -3.80. The highest BCUT2D eigenvalue weighted by molar-refractivity contribution is 7.89. The van der Waals surface area contributed by atoms with Gasteiger partial charge in [0.1, 0.15) is 0 Å². The average molecular weight is 390 g/mol. The quantitative estimate of drug-likeness (QED) is 0.707. The van der Waals surface area contributed by atoms with E-state index in [0.29, 0.717) is 16.8 Å². The van der Waals surface area contributed by atoms with Crippen LogP contribution in [0.1, 0.15) is 28.4 Å². The summed E-state index contributed by atoms with van der Waals surface area (Å²) in [5, 5.41) is 2.57. The lowest BCUT2D eigenvalue weighted by Crippen LogP contribution is -2.33. The summed E-state index contributed by atoms with van der Waals surface area (Å²) in [6.07, 6.45) is 0. The number of carbonyl (C=O) groups is 2. The van der Waals surface area contributed by atoms with Crippen LogP contribution in [-0.4, -0.2) is 33.4 Å². The van der Waals surface area contributed by atoms with Crippen molar-refractivity contribution >= 4 is 27.6 Å². The summed E-state index contributed by atoms with van der Waals surface area (Å²) in [6.45, 7) is 5.07. The van der Waals surface area contributed by atoms with Crippen LogP contribution >= 0.6 is 0 Å². The van der Waals surface area contributed by atoms with E-state index in [0.717, 1.165) is 5.56 Å². The molecule has 0 saturated heterocycles. The summed E-state index contributed by atoms with van der Waals surface area (Å²) in [5.74, 6) is -0.968. The van der Waals surface area contributed by atoms with E-state index >= 15 is 0 Å². The van der Waals surface area contributed by atoms with Crippen LogP contribution in [0.4, 0.5) is 5.69 Å². The second-order valence-electron chi connectivity index (χ2n) is 5.94. The summed E-state index contributed by atoms with van der Waals surface area (Å²) >= 11 is 0. The molecule has 0 unspecified atom stereocenters. The van der Waals surface area contributed by atoms with Crippen LogP contribution in [0.25, 0.3) is 0 Å². The van der Waals surface area contributed by atoms with Gasteiger partial charge in [0.2, 0.25) is 15.9 Å². The van der Waals surface area contributed by atoms with Crippen LogP contribution in [0.15, 0.2) is 47.4 Å². The van der Waals surface area contributed by atoms with E-state index in [1.165, 1.54) is 12.1 Å². The lowest BCUT2D eigenvalue weighted by Gasteiger charge is -2.11. The van der Waals surface area contributed by atoms with Gasteiger partial charge < -0.3 is 10.1 Å². The van der Waals surface area contributed by atoms with Gasteiger partial charge >= 0.3 is 5.97 Å². The number of amides is 1. The van der Waals surface area contributed by atoms with Crippen LogP contribution in [0.2, 0.25) is 0 Å². The molecule has 2 rings (SSSR count). The van der Waals surface area contributed by atoms with E-state index in [4.69, 9.17) is 4.74 Å². The Hall–Kier alpha value is -2.71. The van der Waals surface area contributed by atoms with Crippen molar-refractivity contribution in [3.63, 3.8) is 0 Å². The van der Waals surface area contributed by atoms with Crippen LogP contribution in [0, 0.1) is 13.8 Å². The summed E-state index contributed by atoms with van der Waals surface area (Å²) in [7, 11) is -3.80. The van der Waals surface area contributed by atoms with Gasteiger partial charge in [-0.1, -0.05) is 12.1 Å². The SMILES string of the molecule is CCOC(=O)c1ccc(NC(=O)CNS(=O)(=O)c2cc(C)ccc2C)cc1. The number of anilines is 1. The second kappa shape index (κ2) is 8.79. The van der Waals surface area contributed by atoms with Gasteiger partial charge in [0.15, 0.2) is 0 Å². The second-order valence-corrected chi connectivity index (χ2v) is 7.67. The number of hydrogen-bond acceptors (Lipinski definition) is 5. The minimum Gasteiger partial charge on any atom is -0.462 e. The fourth-order valence-electron chi connectivity index (χ4n) is 2.34. The third kappa shape index (κ3) is 5.63. The number of esters is 1. The molecule has 0 heterocycles. The van der Waals surface area contributed by atoms with Gasteiger partial charge in [-0.15, -0.1) is 0 Å². The van der Waals surface area contributed by atoms with E-state index in [2.05, 4.69) is 10.0 Å². The zero-order chi connectivity index (χ0) is 20.0. The molecular weight excluding hydrogens is 368 g/mol. The van der Waals surface area contributed by atoms with Crippen molar-refractivity contribution in [2.75, 3.05) is 18.5 Å². The van der Waals surface area contributed by atoms with Crippen molar-refractivity contribution in [2.45, 2.75) is 25.7 Å². The predicted molar refractivity (Wildman–Crippen MR) is 102 cm³/mol. The maximum atomic E-state index is 12.4. The van der Waals surface area contributed by atoms with E-state index in [-0.39, 0.29) is 11.5 Å². The van der Waals surface area contributed by atoms with Gasteiger partial charge in [0.25, 0.3) is 0 Å². The Morgan fingerprint density at radius 1 is 1.04 bits per heavy atom.